The highest BCUT2D eigenvalue weighted by molar-refractivity contribution is 6.16. The lowest BCUT2D eigenvalue weighted by Crippen LogP contribution is -2.12. The molecule has 14 rings (SSSR count). The summed E-state index contributed by atoms with van der Waals surface area (Å²) in [5.74, 6) is 7.70. The lowest BCUT2D eigenvalue weighted by atomic mass is 9.99. The molecule has 11 heteroatoms. The first-order chi connectivity index (χ1) is 73.7. The zero-order valence-corrected chi connectivity index (χ0v) is 89.9. The fourth-order valence-corrected chi connectivity index (χ4v) is 18.3. The molecule has 0 N–H and O–H groups in total. The standard InChI is InChI=1S/C139H149N3O8/c1-14-23-39-101(18-5)97-147-128-87-88-130(143-10)119(90-128)73-76-123-92-132(145-12)121(95-135(123)149-99-103(20-7)41-25-16-3)75-78-125-93-133(146-13)122(96-136(125)150-100-104(21-8)42-26-17-4)74-77-124-91-131(144-11)120(94-134(124)148-98-102(19-6)40-24-15-2)72-69-110-65-63-108(64-66-110)58-57-106-53-51-105(52-54-106)55-56-107-59-61-109(62-60-107)67-68-111-70-71-112(22-9)129(89-111)142-139(117-79-83-126(84-80-117)140-137(113-43-31-27-32-44-113)114-45-33-28-34-46-114)118-81-85-127(86-82-118)141-138(115-47-35-29-36-48-115)116-49-37-30-38-50-116/h22,27-38,43-96,101-104H,9,14-21,23-26,39-42,97-100H2,1-8,10-13H3/b56-55+,58-57+,68-67+,72-69+,76-73+,77-74+,78-75+. The van der Waals surface area contributed by atoms with Crippen LogP contribution in [0.3, 0.4) is 0 Å². The first kappa shape index (κ1) is 110. The zero-order valence-electron chi connectivity index (χ0n) is 89.9. The smallest absolute Gasteiger partial charge is 0.127 e. The van der Waals surface area contributed by atoms with E-state index in [0.717, 1.165) is 275 Å². The van der Waals surface area contributed by atoms with Gasteiger partial charge in [-0.2, -0.15) is 0 Å². The Morgan fingerprint density at radius 1 is 0.233 bits per heavy atom. The van der Waals surface area contributed by atoms with Gasteiger partial charge in [-0.3, -0.25) is 0 Å². The van der Waals surface area contributed by atoms with E-state index in [4.69, 9.17) is 52.9 Å². The van der Waals surface area contributed by atoms with Crippen LogP contribution >= 0.6 is 0 Å². The van der Waals surface area contributed by atoms with Gasteiger partial charge in [0.25, 0.3) is 0 Å². The first-order valence-electron chi connectivity index (χ1n) is 54.1. The van der Waals surface area contributed by atoms with Crippen LogP contribution in [-0.4, -0.2) is 72.0 Å². The van der Waals surface area contributed by atoms with Crippen LogP contribution in [-0.2, 0) is 0 Å². The second kappa shape index (κ2) is 58.8. The van der Waals surface area contributed by atoms with Gasteiger partial charge in [0.15, 0.2) is 0 Å². The lowest BCUT2D eigenvalue weighted by molar-refractivity contribution is 0.232. The van der Waals surface area contributed by atoms with Crippen molar-refractivity contribution in [2.45, 2.75) is 158 Å². The second-order valence-electron chi connectivity index (χ2n) is 38.5. The maximum absolute atomic E-state index is 7.00. The minimum absolute atomic E-state index is 0.388. The molecule has 0 bridgehead atoms. The van der Waals surface area contributed by atoms with Crippen LogP contribution in [0.15, 0.2) is 337 Å². The summed E-state index contributed by atoms with van der Waals surface area (Å²) in [5.41, 5.74) is 25.8. The fraction of sp³-hybridized carbons (Fsp3) is 0.259. The molecule has 0 aliphatic carbocycles. The monoisotopic (exact) mass is 1990 g/mol. The molecule has 4 unspecified atom stereocenters. The Morgan fingerprint density at radius 2 is 0.487 bits per heavy atom. The number of hydrogen-bond acceptors (Lipinski definition) is 11. The Balaban J connectivity index is 0.660. The van der Waals surface area contributed by atoms with E-state index in [9.17, 15) is 0 Å². The molecule has 4 atom stereocenters. The second-order valence-corrected chi connectivity index (χ2v) is 38.5. The van der Waals surface area contributed by atoms with Gasteiger partial charge >= 0.3 is 0 Å². The number of hydrogen-bond donors (Lipinski definition) is 0. The summed E-state index contributed by atoms with van der Waals surface area (Å²) in [6.07, 6.45) is 49.5. The number of rotatable bonds is 56. The molecule has 0 saturated heterocycles. The SMILES string of the molecule is C=Cc1ccc(/C=C/c2ccc(/C=C/c3ccc(/C=C/c4ccc(/C=C/c5cc(OCC(CC)CCCC)c(/C=C/c6cc(OCC(CC)CCCC)c(/C=C/c7cc(OCC(CC)CCCC)c(/C=C/c8cc(OCC(CC)CCCC)ccc8OC)cc7OC)cc6OC)cc5OC)cc4)cc3)cc2)cc1N=C(c1ccc(N=C(c2ccccc2)c2ccccc2)cc1)c1ccc(N=C(c2ccccc2)c2ccccc2)cc1. The van der Waals surface area contributed by atoms with E-state index in [2.05, 4.69) is 426 Å². The van der Waals surface area contributed by atoms with Crippen LogP contribution < -0.4 is 37.9 Å². The highest BCUT2D eigenvalue weighted by atomic mass is 16.5. The molecular formula is C139H149N3O8. The Labute approximate surface area is 893 Å². The predicted molar refractivity (Wildman–Crippen MR) is 640 cm³/mol. The maximum Gasteiger partial charge on any atom is 0.127 e. The number of methoxy groups -OCH3 is 4. The number of nitrogens with zero attached hydrogens (tertiary/aromatic N) is 3. The molecule has 14 aromatic rings. The summed E-state index contributed by atoms with van der Waals surface area (Å²) in [4.78, 5) is 16.0. The van der Waals surface area contributed by atoms with Gasteiger partial charge in [-0.05, 0) is 179 Å². The average molecular weight is 1990 g/mol. The van der Waals surface area contributed by atoms with E-state index in [1.807, 2.05) is 42.5 Å². The van der Waals surface area contributed by atoms with E-state index in [-0.39, 0.29) is 0 Å². The van der Waals surface area contributed by atoms with Crippen molar-refractivity contribution in [1.82, 2.24) is 0 Å². The third-order valence-corrected chi connectivity index (χ3v) is 27.8. The van der Waals surface area contributed by atoms with Crippen LogP contribution in [0.25, 0.3) is 91.1 Å². The molecule has 0 aromatic heterocycles. The molecule has 0 radical (unpaired) electrons. The number of ether oxygens (including phenoxy) is 8. The third kappa shape index (κ3) is 32.5. The van der Waals surface area contributed by atoms with E-state index in [0.29, 0.717) is 61.6 Å². The van der Waals surface area contributed by atoms with Gasteiger partial charge in [-0.15, -0.1) is 0 Å². The number of unbranched alkanes of at least 4 members (excludes halogenated alkanes) is 4. The topological polar surface area (TPSA) is 111 Å². The average Bonchev–Trinajstić information content (AvgIpc) is 0.802. The number of benzene rings is 14. The van der Waals surface area contributed by atoms with Gasteiger partial charge < -0.3 is 37.9 Å². The minimum Gasteiger partial charge on any atom is -0.496 e. The van der Waals surface area contributed by atoms with E-state index in [1.165, 1.54) is 12.8 Å². The van der Waals surface area contributed by atoms with Crippen LogP contribution in [0.2, 0.25) is 0 Å². The van der Waals surface area contributed by atoms with Crippen molar-refractivity contribution in [1.29, 1.82) is 0 Å². The molecule has 0 aliphatic rings. The predicted octanol–water partition coefficient (Wildman–Crippen LogP) is 37.4. The summed E-state index contributed by atoms with van der Waals surface area (Å²) >= 11 is 0. The highest BCUT2D eigenvalue weighted by Crippen LogP contribution is 2.41. The van der Waals surface area contributed by atoms with Gasteiger partial charge in [-0.1, -0.05) is 461 Å². The van der Waals surface area contributed by atoms with Crippen molar-refractivity contribution in [2.24, 2.45) is 38.6 Å². The maximum atomic E-state index is 7.00. The van der Waals surface area contributed by atoms with Crippen LogP contribution in [0.4, 0.5) is 17.1 Å². The molecule has 14 aromatic carbocycles. The summed E-state index contributed by atoms with van der Waals surface area (Å²) in [7, 11) is 6.90. The summed E-state index contributed by atoms with van der Waals surface area (Å²) < 4.78 is 52.1. The van der Waals surface area contributed by atoms with Crippen LogP contribution in [0.1, 0.15) is 275 Å². The van der Waals surface area contributed by atoms with Crippen molar-refractivity contribution in [2.75, 3.05) is 54.9 Å². The summed E-state index contributed by atoms with van der Waals surface area (Å²) in [5, 5.41) is 0. The molecule has 0 heterocycles. The molecule has 0 saturated carbocycles. The molecule has 11 nitrogen and oxygen atoms in total. The Hall–Kier alpha value is -15.6. The minimum atomic E-state index is 0.388. The molecule has 150 heavy (non-hydrogen) atoms. The van der Waals surface area contributed by atoms with Crippen molar-refractivity contribution in [3.8, 4) is 46.0 Å². The van der Waals surface area contributed by atoms with Crippen molar-refractivity contribution in [3.05, 3.63) is 439 Å². The largest absolute Gasteiger partial charge is 0.496 e. The Bertz CT molecular complexity index is 6710. The summed E-state index contributed by atoms with van der Waals surface area (Å²) in [6, 6.07) is 109. The van der Waals surface area contributed by atoms with Gasteiger partial charge in [0, 0.05) is 72.3 Å². The van der Waals surface area contributed by atoms with Crippen LogP contribution in [0.5, 0.6) is 46.0 Å². The summed E-state index contributed by atoms with van der Waals surface area (Å²) in [6.45, 7) is 24.7. The molecule has 0 aliphatic heterocycles. The van der Waals surface area contributed by atoms with Gasteiger partial charge in [0.2, 0.25) is 0 Å². The van der Waals surface area contributed by atoms with Crippen molar-refractivity contribution < 1.29 is 37.9 Å². The fourth-order valence-electron chi connectivity index (χ4n) is 18.3. The van der Waals surface area contributed by atoms with Crippen LogP contribution in [0, 0.1) is 23.7 Å². The molecule has 0 fully saturated rings. The number of aliphatic imine (C=N–C) groups is 3. The van der Waals surface area contributed by atoms with Gasteiger partial charge in [-0.25, -0.2) is 15.0 Å². The first-order valence-corrected chi connectivity index (χ1v) is 54.1. The Morgan fingerprint density at radius 3 is 0.780 bits per heavy atom. The third-order valence-electron chi connectivity index (χ3n) is 27.8. The highest BCUT2D eigenvalue weighted by Gasteiger charge is 2.22. The van der Waals surface area contributed by atoms with Crippen molar-refractivity contribution >= 4 is 125 Å². The lowest BCUT2D eigenvalue weighted by Gasteiger charge is -2.19. The van der Waals surface area contributed by atoms with E-state index < -0.39 is 0 Å². The zero-order chi connectivity index (χ0) is 105. The van der Waals surface area contributed by atoms with Gasteiger partial charge in [0.05, 0.1) is 89.1 Å². The normalized spacial score (nSPS) is 12.4. The molecular weight excluding hydrogens is 1840 g/mol. The van der Waals surface area contributed by atoms with Gasteiger partial charge in [0.1, 0.15) is 46.0 Å². The van der Waals surface area contributed by atoms with Crippen molar-refractivity contribution in [3.63, 3.8) is 0 Å². The molecule has 0 amide bonds. The molecule has 0 spiro atoms. The Kier molecular flexibility index (Phi) is 43.2. The van der Waals surface area contributed by atoms with E-state index in [1.54, 1.807) is 28.4 Å². The molecule has 768 valence electrons. The quantitative estimate of drug-likeness (QED) is 0.0274. The van der Waals surface area contributed by atoms with E-state index >= 15 is 0 Å².